The molecule has 1 amide bonds. The fourth-order valence-corrected chi connectivity index (χ4v) is 3.54. The second kappa shape index (κ2) is 10.5. The molecule has 2 aliphatic heterocycles. The summed E-state index contributed by atoms with van der Waals surface area (Å²) >= 11 is 0. The molecular weight excluding hydrogens is 358 g/mol. The minimum atomic E-state index is -0.0850. The van der Waals surface area contributed by atoms with Crippen molar-refractivity contribution in [2.45, 2.75) is 39.4 Å². The van der Waals surface area contributed by atoms with Gasteiger partial charge in [0.2, 0.25) is 5.91 Å². The Kier molecular flexibility index (Phi) is 7.74. The van der Waals surface area contributed by atoms with Crippen LogP contribution in [0.3, 0.4) is 0 Å². The van der Waals surface area contributed by atoms with E-state index in [1.165, 1.54) is 0 Å². The van der Waals surface area contributed by atoms with Gasteiger partial charge in [0.15, 0.2) is 17.8 Å². The first kappa shape index (κ1) is 20.7. The lowest BCUT2D eigenvalue weighted by molar-refractivity contribution is -0.131. The first-order valence-electron chi connectivity index (χ1n) is 10.3. The van der Waals surface area contributed by atoms with Crippen LogP contribution in [0.2, 0.25) is 0 Å². The molecule has 0 aromatic heterocycles. The van der Waals surface area contributed by atoms with Gasteiger partial charge in [-0.3, -0.25) is 4.79 Å². The van der Waals surface area contributed by atoms with E-state index in [2.05, 4.69) is 6.92 Å². The monoisotopic (exact) mass is 389 g/mol. The Morgan fingerprint density at radius 1 is 1.14 bits per heavy atom. The number of carbonyl (C=O) groups is 1. The van der Waals surface area contributed by atoms with Crippen LogP contribution in [0.1, 0.15) is 38.7 Å². The molecule has 3 rings (SSSR count). The van der Waals surface area contributed by atoms with Crippen molar-refractivity contribution in [3.63, 3.8) is 0 Å². The predicted molar refractivity (Wildman–Crippen MR) is 107 cm³/mol. The highest BCUT2D eigenvalue weighted by Crippen LogP contribution is 2.29. The average Bonchev–Trinajstić information content (AvgIpc) is 3.26. The van der Waals surface area contributed by atoms with Crippen molar-refractivity contribution in [2.24, 2.45) is 5.92 Å². The van der Waals surface area contributed by atoms with E-state index in [4.69, 9.17) is 18.9 Å². The highest BCUT2D eigenvalue weighted by Gasteiger charge is 2.31. The zero-order chi connectivity index (χ0) is 19.8. The van der Waals surface area contributed by atoms with Crippen molar-refractivity contribution in [3.05, 3.63) is 29.8 Å². The number of hydrogen-bond acceptors (Lipinski definition) is 5. The molecule has 0 N–H and O–H groups in total. The van der Waals surface area contributed by atoms with Crippen LogP contribution >= 0.6 is 0 Å². The normalized spacial score (nSPS) is 18.7. The third kappa shape index (κ3) is 5.49. The van der Waals surface area contributed by atoms with Crippen LogP contribution in [0.5, 0.6) is 11.5 Å². The molecule has 2 aliphatic rings. The summed E-state index contributed by atoms with van der Waals surface area (Å²) in [6, 6.07) is 5.76. The van der Waals surface area contributed by atoms with Gasteiger partial charge < -0.3 is 23.8 Å². The number of ether oxygens (including phenoxy) is 4. The van der Waals surface area contributed by atoms with Gasteiger partial charge in [-0.25, -0.2) is 0 Å². The number of benzene rings is 1. The lowest BCUT2D eigenvalue weighted by Gasteiger charge is -2.33. The highest BCUT2D eigenvalue weighted by molar-refractivity contribution is 5.91. The molecule has 154 valence electrons. The van der Waals surface area contributed by atoms with Crippen molar-refractivity contribution in [1.29, 1.82) is 0 Å². The minimum absolute atomic E-state index is 0.0379. The van der Waals surface area contributed by atoms with E-state index in [1.807, 2.05) is 36.1 Å². The Labute approximate surface area is 167 Å². The van der Waals surface area contributed by atoms with Gasteiger partial charge in [0.1, 0.15) is 0 Å². The van der Waals surface area contributed by atoms with Gasteiger partial charge in [-0.2, -0.15) is 0 Å². The minimum Gasteiger partial charge on any atom is -0.490 e. The summed E-state index contributed by atoms with van der Waals surface area (Å²) in [5, 5.41) is 0. The first-order valence-corrected chi connectivity index (χ1v) is 10.3. The summed E-state index contributed by atoms with van der Waals surface area (Å²) in [5.74, 6) is 1.88. The van der Waals surface area contributed by atoms with Crippen LogP contribution in [0.25, 0.3) is 6.08 Å². The Morgan fingerprint density at radius 2 is 1.89 bits per heavy atom. The Balaban J connectivity index is 1.55. The summed E-state index contributed by atoms with van der Waals surface area (Å²) in [6.45, 7) is 8.08. The van der Waals surface area contributed by atoms with Gasteiger partial charge in [0, 0.05) is 25.1 Å². The van der Waals surface area contributed by atoms with E-state index >= 15 is 0 Å². The van der Waals surface area contributed by atoms with E-state index in [0.29, 0.717) is 38.1 Å². The fraction of sp³-hybridized carbons (Fsp3) is 0.591. The largest absolute Gasteiger partial charge is 0.490 e. The maximum Gasteiger partial charge on any atom is 0.246 e. The lowest BCUT2D eigenvalue weighted by Crippen LogP contribution is -2.40. The third-order valence-corrected chi connectivity index (χ3v) is 5.03. The number of piperidine rings is 1. The molecule has 2 heterocycles. The van der Waals surface area contributed by atoms with Crippen molar-refractivity contribution in [3.8, 4) is 11.5 Å². The van der Waals surface area contributed by atoms with Crippen molar-refractivity contribution in [1.82, 2.24) is 4.90 Å². The molecule has 28 heavy (non-hydrogen) atoms. The quantitative estimate of drug-likeness (QED) is 0.637. The SMILES string of the molecule is CCCOc1ccc(/C=C/C(=O)N2CCC(C3OCCO3)CC2)cc1OCC. The summed E-state index contributed by atoms with van der Waals surface area (Å²) in [7, 11) is 0. The van der Waals surface area contributed by atoms with Crippen LogP contribution < -0.4 is 9.47 Å². The molecule has 0 saturated carbocycles. The predicted octanol–water partition coefficient (Wildman–Crippen LogP) is 3.50. The average molecular weight is 389 g/mol. The van der Waals surface area contributed by atoms with Crippen LogP contribution in [0, 0.1) is 5.92 Å². The maximum absolute atomic E-state index is 12.5. The van der Waals surface area contributed by atoms with Crippen LogP contribution in [-0.2, 0) is 14.3 Å². The fourth-order valence-electron chi connectivity index (χ4n) is 3.54. The number of hydrogen-bond donors (Lipinski definition) is 0. The van der Waals surface area contributed by atoms with Crippen molar-refractivity contribution < 1.29 is 23.7 Å². The molecule has 0 radical (unpaired) electrons. The molecule has 0 atom stereocenters. The standard InChI is InChI=1S/C22H31NO5/c1-3-13-26-19-7-5-17(16-20(19)25-4-2)6-8-21(24)23-11-9-18(10-12-23)22-27-14-15-28-22/h5-8,16,18,22H,3-4,9-15H2,1-2H3/b8-6+. The zero-order valence-corrected chi connectivity index (χ0v) is 16.9. The van der Waals surface area contributed by atoms with Gasteiger partial charge >= 0.3 is 0 Å². The van der Waals surface area contributed by atoms with E-state index < -0.39 is 0 Å². The Morgan fingerprint density at radius 3 is 2.57 bits per heavy atom. The molecule has 0 spiro atoms. The van der Waals surface area contributed by atoms with Gasteiger partial charge in [-0.1, -0.05) is 13.0 Å². The molecule has 6 nitrogen and oxygen atoms in total. The van der Waals surface area contributed by atoms with Crippen LogP contribution in [-0.4, -0.2) is 56.6 Å². The number of amides is 1. The molecule has 0 unspecified atom stereocenters. The molecule has 1 aromatic carbocycles. The zero-order valence-electron chi connectivity index (χ0n) is 16.9. The number of carbonyl (C=O) groups excluding carboxylic acids is 1. The van der Waals surface area contributed by atoms with Crippen molar-refractivity contribution in [2.75, 3.05) is 39.5 Å². The van der Waals surface area contributed by atoms with Gasteiger partial charge in [-0.05, 0) is 50.0 Å². The topological polar surface area (TPSA) is 57.2 Å². The molecule has 2 saturated heterocycles. The molecule has 0 bridgehead atoms. The summed E-state index contributed by atoms with van der Waals surface area (Å²) in [5.41, 5.74) is 0.920. The molecule has 6 heteroatoms. The van der Waals surface area contributed by atoms with E-state index in [1.54, 1.807) is 6.08 Å². The summed E-state index contributed by atoms with van der Waals surface area (Å²) in [4.78, 5) is 14.4. The summed E-state index contributed by atoms with van der Waals surface area (Å²) in [6.07, 6.45) is 6.17. The Bertz CT molecular complexity index is 661. The molecule has 1 aromatic rings. The van der Waals surface area contributed by atoms with E-state index in [-0.39, 0.29) is 12.2 Å². The summed E-state index contributed by atoms with van der Waals surface area (Å²) < 4.78 is 22.6. The molecule has 0 aliphatic carbocycles. The smallest absolute Gasteiger partial charge is 0.246 e. The van der Waals surface area contributed by atoms with E-state index in [0.717, 1.165) is 43.7 Å². The second-order valence-electron chi connectivity index (χ2n) is 7.09. The number of nitrogens with zero attached hydrogens (tertiary/aromatic N) is 1. The van der Waals surface area contributed by atoms with Gasteiger partial charge in [0.25, 0.3) is 0 Å². The van der Waals surface area contributed by atoms with Crippen LogP contribution in [0.4, 0.5) is 0 Å². The van der Waals surface area contributed by atoms with Crippen LogP contribution in [0.15, 0.2) is 24.3 Å². The van der Waals surface area contributed by atoms with Gasteiger partial charge in [-0.15, -0.1) is 0 Å². The lowest BCUT2D eigenvalue weighted by atomic mass is 9.96. The highest BCUT2D eigenvalue weighted by atomic mass is 16.7. The van der Waals surface area contributed by atoms with E-state index in [9.17, 15) is 4.79 Å². The number of likely N-dealkylation sites (tertiary alicyclic amines) is 1. The Hall–Kier alpha value is -2.05. The second-order valence-corrected chi connectivity index (χ2v) is 7.09. The molecular formula is C22H31NO5. The maximum atomic E-state index is 12.5. The van der Waals surface area contributed by atoms with Crippen molar-refractivity contribution >= 4 is 12.0 Å². The number of rotatable bonds is 8. The van der Waals surface area contributed by atoms with Gasteiger partial charge in [0.05, 0.1) is 26.4 Å². The molecule has 2 fully saturated rings. The third-order valence-electron chi connectivity index (χ3n) is 5.03. The first-order chi connectivity index (χ1) is 13.7.